The van der Waals surface area contributed by atoms with Gasteiger partial charge in [0.05, 0.1) is 18.9 Å². The second-order valence-electron chi connectivity index (χ2n) is 11.2. The second-order valence-corrected chi connectivity index (χ2v) is 11.2. The lowest BCUT2D eigenvalue weighted by atomic mass is 10.1. The van der Waals surface area contributed by atoms with Gasteiger partial charge in [0.2, 0.25) is 5.95 Å². The summed E-state index contributed by atoms with van der Waals surface area (Å²) in [5, 5.41) is 20.6. The van der Waals surface area contributed by atoms with Crippen LogP contribution in [0.5, 0.6) is 0 Å². The summed E-state index contributed by atoms with van der Waals surface area (Å²) in [6.07, 6.45) is 7.38. The van der Waals surface area contributed by atoms with Crippen LogP contribution >= 0.6 is 0 Å². The maximum Gasteiger partial charge on any atom is 0.321 e. The largest absolute Gasteiger partial charge is 0.396 e. The quantitative estimate of drug-likeness (QED) is 0.229. The van der Waals surface area contributed by atoms with Gasteiger partial charge >= 0.3 is 6.03 Å². The molecule has 0 aliphatic carbocycles. The average molecular weight is 597 g/mol. The topological polar surface area (TPSA) is 121 Å². The van der Waals surface area contributed by atoms with Crippen LogP contribution in [0.2, 0.25) is 0 Å². The Labute approximate surface area is 257 Å². The lowest BCUT2D eigenvalue weighted by Crippen LogP contribution is -2.37. The van der Waals surface area contributed by atoms with Crippen molar-refractivity contribution >= 4 is 23.4 Å². The lowest BCUT2D eigenvalue weighted by molar-refractivity contribution is 0.0384. The fraction of sp³-hybridized carbons (Fsp3) is 0.394. The molecule has 6 rings (SSSR count). The number of urea groups is 1. The molecule has 2 fully saturated rings. The van der Waals surface area contributed by atoms with E-state index in [4.69, 9.17) is 14.8 Å². The molecule has 0 bridgehead atoms. The van der Waals surface area contributed by atoms with Gasteiger partial charge in [0, 0.05) is 80.8 Å². The molecule has 4 heterocycles. The Bertz CT molecular complexity index is 1530. The highest BCUT2D eigenvalue weighted by atomic mass is 16.5. The summed E-state index contributed by atoms with van der Waals surface area (Å²) in [7, 11) is 0. The number of anilines is 3. The van der Waals surface area contributed by atoms with E-state index in [1.165, 1.54) is 5.56 Å². The molecule has 230 valence electrons. The molecule has 3 N–H and O–H groups in total. The number of carbonyl (C=O) groups is 1. The summed E-state index contributed by atoms with van der Waals surface area (Å²) in [4.78, 5) is 26.2. The summed E-state index contributed by atoms with van der Waals surface area (Å²) < 4.78 is 7.31. The summed E-state index contributed by atoms with van der Waals surface area (Å²) in [5.74, 6) is 0.502. The first-order chi connectivity index (χ1) is 21.6. The van der Waals surface area contributed by atoms with Crippen LogP contribution in [0.1, 0.15) is 24.8 Å². The Kier molecular flexibility index (Phi) is 9.76. The van der Waals surface area contributed by atoms with Crippen LogP contribution in [-0.2, 0) is 17.7 Å². The van der Waals surface area contributed by atoms with Gasteiger partial charge in [0.25, 0.3) is 0 Å². The molecule has 0 radical (unpaired) electrons. The first-order valence-corrected chi connectivity index (χ1v) is 15.5. The molecule has 0 saturated carbocycles. The predicted octanol–water partition coefficient (Wildman–Crippen LogP) is 4.64. The Balaban J connectivity index is 1.19. The number of carbonyl (C=O) groups excluding carboxylic acids is 1. The highest BCUT2D eigenvalue weighted by Crippen LogP contribution is 2.31. The first kappa shape index (κ1) is 29.7. The molecule has 2 aromatic carbocycles. The SMILES string of the molecule is O=C(Nc1ccc(-c2nn(CCCO)cc2-c2ccnc(Nc3cccc(CCN4CCOCC4)c3)n2)cc1)N1CCCC1. The van der Waals surface area contributed by atoms with Gasteiger partial charge in [-0.1, -0.05) is 24.3 Å². The predicted molar refractivity (Wildman–Crippen MR) is 171 cm³/mol. The summed E-state index contributed by atoms with van der Waals surface area (Å²) >= 11 is 0. The van der Waals surface area contributed by atoms with Crippen LogP contribution in [0.15, 0.2) is 67.0 Å². The Morgan fingerprint density at radius 1 is 0.955 bits per heavy atom. The minimum absolute atomic E-state index is 0.0622. The summed E-state index contributed by atoms with van der Waals surface area (Å²) in [6.45, 7) is 6.85. The number of aromatic nitrogens is 4. The molecular weight excluding hydrogens is 556 g/mol. The van der Waals surface area contributed by atoms with Crippen LogP contribution in [-0.4, -0.2) is 93.2 Å². The standard InChI is InChI=1S/C33H40N8O3/c42-20-4-16-41-24-29(31(38-41)26-7-9-27(10-8-26)36-33(43)40-14-1-2-15-40)30-11-13-34-32(37-30)35-28-6-3-5-25(23-28)12-17-39-18-21-44-22-19-39/h3,5-11,13,23-24,42H,1-2,4,12,14-22H2,(H,36,43)(H,34,35,37). The van der Waals surface area contributed by atoms with Gasteiger partial charge in [0.15, 0.2) is 0 Å². The van der Waals surface area contributed by atoms with E-state index in [9.17, 15) is 9.90 Å². The average Bonchev–Trinajstić information content (AvgIpc) is 3.75. The minimum Gasteiger partial charge on any atom is -0.396 e. The number of benzene rings is 2. The molecule has 2 aliphatic rings. The van der Waals surface area contributed by atoms with Crippen molar-refractivity contribution in [3.8, 4) is 22.5 Å². The Hall–Kier alpha value is -4.32. The van der Waals surface area contributed by atoms with Gasteiger partial charge in [-0.2, -0.15) is 5.10 Å². The molecule has 2 aromatic heterocycles. The van der Waals surface area contributed by atoms with Crippen molar-refractivity contribution in [1.29, 1.82) is 0 Å². The first-order valence-electron chi connectivity index (χ1n) is 15.5. The van der Waals surface area contributed by atoms with Gasteiger partial charge < -0.3 is 25.4 Å². The van der Waals surface area contributed by atoms with Gasteiger partial charge in [-0.15, -0.1) is 0 Å². The zero-order valence-corrected chi connectivity index (χ0v) is 25.0. The number of ether oxygens (including phenoxy) is 1. The molecule has 2 amide bonds. The van der Waals surface area contributed by atoms with Crippen LogP contribution in [0.3, 0.4) is 0 Å². The van der Waals surface area contributed by atoms with E-state index in [1.54, 1.807) is 6.20 Å². The highest BCUT2D eigenvalue weighted by molar-refractivity contribution is 5.90. The van der Waals surface area contributed by atoms with Gasteiger partial charge in [0.1, 0.15) is 5.69 Å². The summed E-state index contributed by atoms with van der Waals surface area (Å²) in [6, 6.07) is 17.9. The minimum atomic E-state index is -0.0622. The maximum atomic E-state index is 12.5. The zero-order chi connectivity index (χ0) is 30.1. The Morgan fingerprint density at radius 3 is 2.57 bits per heavy atom. The zero-order valence-electron chi connectivity index (χ0n) is 25.0. The van der Waals surface area contributed by atoms with E-state index in [0.717, 1.165) is 99.1 Å². The van der Waals surface area contributed by atoms with Crippen LogP contribution in [0.4, 0.5) is 22.1 Å². The van der Waals surface area contributed by atoms with Crippen LogP contribution in [0, 0.1) is 0 Å². The number of nitrogens with zero attached hydrogens (tertiary/aromatic N) is 6. The number of rotatable bonds is 11. The number of nitrogens with one attached hydrogen (secondary N) is 2. The van der Waals surface area contributed by atoms with Gasteiger partial charge in [-0.05, 0) is 61.6 Å². The van der Waals surface area contributed by atoms with Crippen molar-refractivity contribution in [2.45, 2.75) is 32.2 Å². The van der Waals surface area contributed by atoms with Crippen LogP contribution in [0.25, 0.3) is 22.5 Å². The van der Waals surface area contributed by atoms with Gasteiger partial charge in [-0.3, -0.25) is 9.58 Å². The van der Waals surface area contributed by atoms with Crippen molar-refractivity contribution in [3.05, 3.63) is 72.6 Å². The maximum absolute atomic E-state index is 12.5. The van der Waals surface area contributed by atoms with E-state index in [1.807, 2.05) is 52.2 Å². The number of aryl methyl sites for hydroxylation is 1. The van der Waals surface area contributed by atoms with Crippen molar-refractivity contribution in [3.63, 3.8) is 0 Å². The monoisotopic (exact) mass is 596 g/mol. The molecule has 0 unspecified atom stereocenters. The van der Waals surface area contributed by atoms with Crippen molar-refractivity contribution in [2.24, 2.45) is 0 Å². The molecule has 11 nitrogen and oxygen atoms in total. The third kappa shape index (κ3) is 7.60. The molecule has 44 heavy (non-hydrogen) atoms. The van der Waals surface area contributed by atoms with Crippen molar-refractivity contribution in [2.75, 3.05) is 63.2 Å². The number of aliphatic hydroxyl groups is 1. The number of aliphatic hydroxyl groups excluding tert-OH is 1. The van der Waals surface area contributed by atoms with E-state index in [0.29, 0.717) is 18.9 Å². The highest BCUT2D eigenvalue weighted by Gasteiger charge is 2.19. The normalized spacial score (nSPS) is 15.4. The fourth-order valence-corrected chi connectivity index (χ4v) is 5.62. The lowest BCUT2D eigenvalue weighted by Gasteiger charge is -2.26. The van der Waals surface area contributed by atoms with E-state index < -0.39 is 0 Å². The van der Waals surface area contributed by atoms with Crippen LogP contribution < -0.4 is 10.6 Å². The number of hydrogen-bond donors (Lipinski definition) is 3. The van der Waals surface area contributed by atoms with E-state index in [-0.39, 0.29) is 12.6 Å². The molecule has 2 aliphatic heterocycles. The smallest absolute Gasteiger partial charge is 0.321 e. The third-order valence-electron chi connectivity index (χ3n) is 8.04. The number of morpholine rings is 1. The summed E-state index contributed by atoms with van der Waals surface area (Å²) in [5.41, 5.74) is 6.21. The number of likely N-dealkylation sites (tertiary alicyclic amines) is 1. The molecule has 2 saturated heterocycles. The third-order valence-corrected chi connectivity index (χ3v) is 8.04. The number of amides is 2. The molecule has 11 heteroatoms. The fourth-order valence-electron chi connectivity index (χ4n) is 5.62. The molecule has 4 aromatic rings. The number of hydrogen-bond acceptors (Lipinski definition) is 8. The molecular formula is C33H40N8O3. The van der Waals surface area contributed by atoms with Crippen molar-refractivity contribution < 1.29 is 14.6 Å². The molecule has 0 atom stereocenters. The Morgan fingerprint density at radius 2 is 1.77 bits per heavy atom. The van der Waals surface area contributed by atoms with E-state index in [2.05, 4.69) is 38.7 Å². The molecule has 0 spiro atoms. The van der Waals surface area contributed by atoms with Crippen molar-refractivity contribution in [1.82, 2.24) is 29.5 Å². The second kappa shape index (κ2) is 14.4. The van der Waals surface area contributed by atoms with Gasteiger partial charge in [-0.25, -0.2) is 14.8 Å². The van der Waals surface area contributed by atoms with E-state index >= 15 is 0 Å².